The minimum atomic E-state index is 0.0157. The average molecular weight is 369 g/mol. The molecule has 2 aromatic rings. The maximum Gasteiger partial charge on any atom is 0.231 e. The number of nitrogens with zero attached hydrogens (tertiary/aromatic N) is 2. The lowest BCUT2D eigenvalue weighted by atomic mass is 9.96. The highest BCUT2D eigenvalue weighted by Crippen LogP contribution is 2.36. The van der Waals surface area contributed by atoms with Gasteiger partial charge in [-0.05, 0) is 44.1 Å². The number of benzene rings is 1. The number of ether oxygens (including phenoxy) is 2. The molecule has 0 bridgehead atoms. The third-order valence-electron chi connectivity index (χ3n) is 4.68. The highest BCUT2D eigenvalue weighted by atomic mass is 32.1. The Kier molecular flexibility index (Phi) is 4.78. The Morgan fingerprint density at radius 1 is 1.35 bits per heavy atom. The molecule has 3 heterocycles. The largest absolute Gasteiger partial charge is 0.454 e. The van der Waals surface area contributed by atoms with Gasteiger partial charge in [-0.1, -0.05) is 5.92 Å². The van der Waals surface area contributed by atoms with Gasteiger partial charge in [0.05, 0.1) is 12.2 Å². The third kappa shape index (κ3) is 3.52. The summed E-state index contributed by atoms with van der Waals surface area (Å²) in [5.74, 6) is 4.18. The summed E-state index contributed by atoms with van der Waals surface area (Å²) >= 11 is 1.43. The molecule has 134 valence electrons. The van der Waals surface area contributed by atoms with E-state index >= 15 is 0 Å². The zero-order chi connectivity index (χ0) is 17.9. The van der Waals surface area contributed by atoms with E-state index in [1.807, 2.05) is 23.6 Å². The van der Waals surface area contributed by atoms with Crippen LogP contribution < -0.4 is 14.8 Å². The highest BCUT2D eigenvalue weighted by Gasteiger charge is 2.25. The minimum Gasteiger partial charge on any atom is -0.454 e. The first-order chi connectivity index (χ1) is 12.7. The molecule has 1 aromatic heterocycles. The maximum atomic E-state index is 12.5. The van der Waals surface area contributed by atoms with Crippen molar-refractivity contribution in [1.82, 2.24) is 9.88 Å². The lowest BCUT2D eigenvalue weighted by Crippen LogP contribution is -2.38. The molecule has 0 radical (unpaired) electrons. The fourth-order valence-electron chi connectivity index (χ4n) is 3.21. The van der Waals surface area contributed by atoms with E-state index in [1.165, 1.54) is 11.3 Å². The molecule has 1 saturated heterocycles. The molecule has 4 rings (SSSR count). The van der Waals surface area contributed by atoms with Gasteiger partial charge in [-0.25, -0.2) is 4.98 Å². The van der Waals surface area contributed by atoms with Crippen molar-refractivity contribution in [3.8, 4) is 35.1 Å². The first kappa shape index (κ1) is 16.9. The summed E-state index contributed by atoms with van der Waals surface area (Å²) in [6.07, 6.45) is 7.00. The molecule has 1 N–H and O–H groups in total. The van der Waals surface area contributed by atoms with Gasteiger partial charge in [-0.2, -0.15) is 0 Å². The van der Waals surface area contributed by atoms with Gasteiger partial charge < -0.3 is 14.8 Å². The summed E-state index contributed by atoms with van der Waals surface area (Å²) in [7, 11) is 0. The zero-order valence-corrected chi connectivity index (χ0v) is 15.1. The Labute approximate surface area is 156 Å². The summed E-state index contributed by atoms with van der Waals surface area (Å²) in [6, 6.07) is 5.72. The number of rotatable bonds is 4. The second kappa shape index (κ2) is 7.36. The molecule has 0 spiro atoms. The van der Waals surface area contributed by atoms with Crippen molar-refractivity contribution in [3.05, 3.63) is 23.6 Å². The van der Waals surface area contributed by atoms with Crippen LogP contribution in [0.15, 0.2) is 23.6 Å². The molecule has 6 nitrogen and oxygen atoms in total. The lowest BCUT2D eigenvalue weighted by Gasteiger charge is -2.29. The van der Waals surface area contributed by atoms with Crippen molar-refractivity contribution >= 4 is 22.4 Å². The summed E-state index contributed by atoms with van der Waals surface area (Å²) in [6.45, 7) is 2.63. The Morgan fingerprint density at radius 2 is 2.15 bits per heavy atom. The molecule has 0 aliphatic carbocycles. The van der Waals surface area contributed by atoms with Crippen molar-refractivity contribution in [2.24, 2.45) is 5.92 Å². The second-order valence-corrected chi connectivity index (χ2v) is 7.21. The Morgan fingerprint density at radius 3 is 2.96 bits per heavy atom. The first-order valence-electron chi connectivity index (χ1n) is 8.55. The van der Waals surface area contributed by atoms with E-state index in [4.69, 9.17) is 15.9 Å². The van der Waals surface area contributed by atoms with Gasteiger partial charge in [0.15, 0.2) is 16.6 Å². The van der Waals surface area contributed by atoms with Crippen molar-refractivity contribution in [2.45, 2.75) is 12.8 Å². The van der Waals surface area contributed by atoms with Crippen LogP contribution in [0.5, 0.6) is 11.5 Å². The van der Waals surface area contributed by atoms with Gasteiger partial charge >= 0.3 is 0 Å². The minimum absolute atomic E-state index is 0.0157. The molecule has 0 atom stereocenters. The summed E-state index contributed by atoms with van der Waals surface area (Å²) in [4.78, 5) is 19.2. The van der Waals surface area contributed by atoms with Crippen LogP contribution in [0.2, 0.25) is 0 Å². The van der Waals surface area contributed by atoms with Crippen LogP contribution in [0, 0.1) is 18.3 Å². The van der Waals surface area contributed by atoms with Crippen molar-refractivity contribution in [2.75, 3.05) is 31.7 Å². The number of aromatic nitrogens is 1. The van der Waals surface area contributed by atoms with E-state index in [0.29, 0.717) is 11.7 Å². The number of thiazole rings is 1. The molecule has 0 saturated carbocycles. The Hall–Kier alpha value is -2.56. The molecular formula is C19H19N3O3S. The van der Waals surface area contributed by atoms with Gasteiger partial charge in [0.25, 0.3) is 0 Å². The normalized spacial score (nSPS) is 17.0. The third-order valence-corrected chi connectivity index (χ3v) is 5.43. The van der Waals surface area contributed by atoms with E-state index in [1.54, 1.807) is 0 Å². The van der Waals surface area contributed by atoms with E-state index in [0.717, 1.165) is 48.7 Å². The fraction of sp³-hybridized carbons (Fsp3) is 0.368. The topological polar surface area (TPSA) is 63.7 Å². The molecule has 1 fully saturated rings. The molecule has 1 aromatic carbocycles. The Balaban J connectivity index is 1.38. The van der Waals surface area contributed by atoms with Gasteiger partial charge in [0.2, 0.25) is 12.7 Å². The summed E-state index contributed by atoms with van der Waals surface area (Å²) in [5, 5.41) is 5.51. The first-order valence-corrected chi connectivity index (χ1v) is 9.43. The number of hydrogen-bond acceptors (Lipinski definition) is 6. The quantitative estimate of drug-likeness (QED) is 0.840. The fourth-order valence-corrected chi connectivity index (χ4v) is 3.93. The van der Waals surface area contributed by atoms with Gasteiger partial charge in [-0.15, -0.1) is 17.8 Å². The van der Waals surface area contributed by atoms with Gasteiger partial charge in [0, 0.05) is 16.9 Å². The monoisotopic (exact) mass is 369 g/mol. The van der Waals surface area contributed by atoms with Crippen LogP contribution in [0.4, 0.5) is 5.13 Å². The van der Waals surface area contributed by atoms with Crippen molar-refractivity contribution in [1.29, 1.82) is 0 Å². The van der Waals surface area contributed by atoms with Crippen LogP contribution in [0.3, 0.4) is 0 Å². The number of amides is 1. The molecule has 2 aliphatic rings. The van der Waals surface area contributed by atoms with Gasteiger partial charge in [0.1, 0.15) is 0 Å². The zero-order valence-electron chi connectivity index (χ0n) is 14.2. The molecule has 26 heavy (non-hydrogen) atoms. The van der Waals surface area contributed by atoms with Crippen LogP contribution in [-0.2, 0) is 4.79 Å². The second-order valence-electron chi connectivity index (χ2n) is 6.35. The molecule has 2 aliphatic heterocycles. The van der Waals surface area contributed by atoms with E-state index < -0.39 is 0 Å². The number of nitrogens with one attached hydrogen (secondary N) is 1. The van der Waals surface area contributed by atoms with Crippen LogP contribution in [-0.4, -0.2) is 42.2 Å². The van der Waals surface area contributed by atoms with Crippen molar-refractivity contribution < 1.29 is 14.3 Å². The molecule has 0 unspecified atom stereocenters. The Bertz CT molecular complexity index is 850. The lowest BCUT2D eigenvalue weighted by molar-refractivity contribution is -0.121. The number of piperidine rings is 1. The number of fused-ring (bicyclic) bond motifs is 1. The number of terminal acetylenes is 1. The molecule has 7 heteroatoms. The number of carbonyl (C=O) groups is 1. The van der Waals surface area contributed by atoms with Crippen LogP contribution in [0.1, 0.15) is 12.8 Å². The van der Waals surface area contributed by atoms with Gasteiger partial charge in [-0.3, -0.25) is 9.69 Å². The van der Waals surface area contributed by atoms with E-state index in [9.17, 15) is 4.79 Å². The number of hydrogen-bond donors (Lipinski definition) is 1. The van der Waals surface area contributed by atoms with Crippen molar-refractivity contribution in [3.63, 3.8) is 0 Å². The number of likely N-dealkylation sites (tertiary alicyclic amines) is 1. The summed E-state index contributed by atoms with van der Waals surface area (Å²) < 4.78 is 10.7. The SMILES string of the molecule is C#CCN1CCC(C(=O)Nc2nc(-c3ccc4c(c3)OCO4)cs2)CC1. The highest BCUT2D eigenvalue weighted by molar-refractivity contribution is 7.14. The predicted octanol–water partition coefficient (Wildman–Crippen LogP) is 2.82. The summed E-state index contributed by atoms with van der Waals surface area (Å²) in [5.41, 5.74) is 1.75. The van der Waals surface area contributed by atoms with E-state index in [-0.39, 0.29) is 18.6 Å². The smallest absolute Gasteiger partial charge is 0.231 e. The standard InChI is InChI=1S/C19H19N3O3S/c1-2-7-22-8-5-13(6-9-22)18(23)21-19-20-15(11-26-19)14-3-4-16-17(10-14)25-12-24-16/h1,3-4,10-11,13H,5-9,12H2,(H,20,21,23). The molecular weight excluding hydrogens is 350 g/mol. The van der Waals surface area contributed by atoms with E-state index in [2.05, 4.69) is 21.1 Å². The maximum absolute atomic E-state index is 12.5. The van der Waals surface area contributed by atoms with Crippen LogP contribution in [0.25, 0.3) is 11.3 Å². The average Bonchev–Trinajstić information content (AvgIpc) is 3.31. The molecule has 1 amide bonds. The van der Waals surface area contributed by atoms with Crippen LogP contribution >= 0.6 is 11.3 Å². The number of carbonyl (C=O) groups excluding carboxylic acids is 1. The predicted molar refractivity (Wildman–Crippen MR) is 100 cm³/mol. The number of anilines is 1.